The molecule has 0 fully saturated rings. The van der Waals surface area contributed by atoms with Crippen molar-refractivity contribution in [1.29, 1.82) is 0 Å². The maximum Gasteiger partial charge on any atom is 0.240 e. The summed E-state index contributed by atoms with van der Waals surface area (Å²) in [7, 11) is 1.90. The summed E-state index contributed by atoms with van der Waals surface area (Å²) in [6, 6.07) is 6.77. The number of nitrogens with zero attached hydrogens (tertiary/aromatic N) is 3. The van der Waals surface area contributed by atoms with Gasteiger partial charge in [0.25, 0.3) is 0 Å². The lowest BCUT2D eigenvalue weighted by Gasteiger charge is -2.14. The quantitative estimate of drug-likeness (QED) is 0.803. The van der Waals surface area contributed by atoms with E-state index in [0.29, 0.717) is 24.5 Å². The minimum Gasteiger partial charge on any atom is -0.338 e. The summed E-state index contributed by atoms with van der Waals surface area (Å²) < 4.78 is 18.7. The molecule has 4 nitrogen and oxygen atoms in total. The van der Waals surface area contributed by atoms with Crippen LogP contribution in [0.4, 0.5) is 4.39 Å². The van der Waals surface area contributed by atoms with Crippen molar-refractivity contribution in [1.82, 2.24) is 15.0 Å². The van der Waals surface area contributed by atoms with Gasteiger partial charge in [-0.15, -0.1) is 0 Å². The van der Waals surface area contributed by atoms with Crippen molar-refractivity contribution in [2.75, 3.05) is 7.05 Å². The standard InChI is InChI=1S/C14H18FN3O/c1-3-6-13-16-14(19-17-13)10-18(2)9-11-7-4-5-8-12(11)15/h4-5,7-8H,3,6,9-10H2,1-2H3. The minimum absolute atomic E-state index is 0.188. The molecule has 102 valence electrons. The zero-order chi connectivity index (χ0) is 13.7. The molecule has 0 aliphatic heterocycles. The van der Waals surface area contributed by atoms with Gasteiger partial charge in [0.15, 0.2) is 5.82 Å². The lowest BCUT2D eigenvalue weighted by Crippen LogP contribution is -2.18. The van der Waals surface area contributed by atoms with Gasteiger partial charge in [-0.2, -0.15) is 4.98 Å². The van der Waals surface area contributed by atoms with E-state index in [0.717, 1.165) is 18.7 Å². The lowest BCUT2D eigenvalue weighted by molar-refractivity contribution is 0.257. The molecule has 0 aliphatic rings. The average molecular weight is 263 g/mol. The molecule has 0 amide bonds. The zero-order valence-electron chi connectivity index (χ0n) is 11.3. The molecule has 1 aromatic carbocycles. The number of aryl methyl sites for hydroxylation is 1. The van der Waals surface area contributed by atoms with Crippen LogP contribution in [-0.2, 0) is 19.5 Å². The highest BCUT2D eigenvalue weighted by molar-refractivity contribution is 5.17. The van der Waals surface area contributed by atoms with Crippen LogP contribution in [0.25, 0.3) is 0 Å². The Balaban J connectivity index is 1.93. The number of hydrogen-bond acceptors (Lipinski definition) is 4. The molecule has 0 bridgehead atoms. The van der Waals surface area contributed by atoms with Gasteiger partial charge in [-0.25, -0.2) is 4.39 Å². The molecule has 1 aromatic heterocycles. The third kappa shape index (κ3) is 3.86. The number of rotatable bonds is 6. The lowest BCUT2D eigenvalue weighted by atomic mass is 10.2. The highest BCUT2D eigenvalue weighted by Gasteiger charge is 2.10. The van der Waals surface area contributed by atoms with Crippen LogP contribution < -0.4 is 0 Å². The Bertz CT molecular complexity index is 527. The van der Waals surface area contributed by atoms with Gasteiger partial charge in [0.05, 0.1) is 6.54 Å². The maximum atomic E-state index is 13.5. The average Bonchev–Trinajstić information content (AvgIpc) is 2.80. The molecule has 0 aliphatic carbocycles. The molecule has 0 saturated carbocycles. The van der Waals surface area contributed by atoms with E-state index in [-0.39, 0.29) is 5.82 Å². The van der Waals surface area contributed by atoms with Crippen molar-refractivity contribution in [2.24, 2.45) is 0 Å². The van der Waals surface area contributed by atoms with E-state index in [9.17, 15) is 4.39 Å². The monoisotopic (exact) mass is 263 g/mol. The number of benzene rings is 1. The van der Waals surface area contributed by atoms with E-state index >= 15 is 0 Å². The molecule has 0 saturated heterocycles. The smallest absolute Gasteiger partial charge is 0.240 e. The summed E-state index contributed by atoms with van der Waals surface area (Å²) in [5.41, 5.74) is 0.665. The molecule has 2 aromatic rings. The second-order valence-electron chi connectivity index (χ2n) is 4.62. The Hall–Kier alpha value is -1.75. The Kier molecular flexibility index (Phi) is 4.63. The van der Waals surface area contributed by atoms with Gasteiger partial charge in [0.2, 0.25) is 5.89 Å². The van der Waals surface area contributed by atoms with Crippen LogP contribution in [0, 0.1) is 5.82 Å². The SMILES string of the molecule is CCCc1noc(CN(C)Cc2ccccc2F)n1. The van der Waals surface area contributed by atoms with Crippen LogP contribution in [-0.4, -0.2) is 22.1 Å². The molecule has 0 unspecified atom stereocenters. The van der Waals surface area contributed by atoms with Gasteiger partial charge in [-0.3, -0.25) is 4.90 Å². The summed E-state index contributed by atoms with van der Waals surface area (Å²) in [6.07, 6.45) is 1.81. The molecule has 0 N–H and O–H groups in total. The van der Waals surface area contributed by atoms with Crippen molar-refractivity contribution < 1.29 is 8.91 Å². The third-order valence-electron chi connectivity index (χ3n) is 2.79. The Morgan fingerprint density at radius 1 is 1.26 bits per heavy atom. The maximum absolute atomic E-state index is 13.5. The van der Waals surface area contributed by atoms with Crippen LogP contribution in [0.3, 0.4) is 0 Å². The van der Waals surface area contributed by atoms with Crippen molar-refractivity contribution in [3.63, 3.8) is 0 Å². The van der Waals surface area contributed by atoms with Crippen molar-refractivity contribution >= 4 is 0 Å². The van der Waals surface area contributed by atoms with E-state index < -0.39 is 0 Å². The highest BCUT2D eigenvalue weighted by Crippen LogP contribution is 2.11. The first-order valence-corrected chi connectivity index (χ1v) is 6.42. The van der Waals surface area contributed by atoms with Crippen molar-refractivity contribution in [3.8, 4) is 0 Å². The van der Waals surface area contributed by atoms with Crippen LogP contribution in [0.1, 0.15) is 30.6 Å². The number of aromatic nitrogens is 2. The molecule has 2 rings (SSSR count). The summed E-state index contributed by atoms with van der Waals surface area (Å²) in [5, 5.41) is 3.90. The molecule has 0 radical (unpaired) electrons. The van der Waals surface area contributed by atoms with Gasteiger partial charge >= 0.3 is 0 Å². The molecule has 0 spiro atoms. The normalized spacial score (nSPS) is 11.2. The van der Waals surface area contributed by atoms with Crippen LogP contribution in [0.15, 0.2) is 28.8 Å². The Morgan fingerprint density at radius 3 is 2.79 bits per heavy atom. The van der Waals surface area contributed by atoms with Crippen molar-refractivity contribution in [3.05, 3.63) is 47.4 Å². The van der Waals surface area contributed by atoms with Gasteiger partial charge in [0, 0.05) is 18.5 Å². The molecule has 0 atom stereocenters. The first-order valence-electron chi connectivity index (χ1n) is 6.42. The second kappa shape index (κ2) is 6.43. The van der Waals surface area contributed by atoms with Gasteiger partial charge in [-0.05, 0) is 19.5 Å². The highest BCUT2D eigenvalue weighted by atomic mass is 19.1. The van der Waals surface area contributed by atoms with Crippen molar-refractivity contribution in [2.45, 2.75) is 32.9 Å². The fourth-order valence-corrected chi connectivity index (χ4v) is 1.88. The number of halogens is 1. The summed E-state index contributed by atoms with van der Waals surface area (Å²) in [6.45, 7) is 3.10. The van der Waals surface area contributed by atoms with Gasteiger partial charge in [-0.1, -0.05) is 30.3 Å². The predicted octanol–water partition coefficient (Wildman–Crippen LogP) is 2.79. The van der Waals surface area contributed by atoms with Crippen LogP contribution >= 0.6 is 0 Å². The molecular formula is C14H18FN3O. The Morgan fingerprint density at radius 2 is 2.05 bits per heavy atom. The number of hydrogen-bond donors (Lipinski definition) is 0. The predicted molar refractivity (Wildman–Crippen MR) is 69.9 cm³/mol. The summed E-state index contributed by atoms with van der Waals surface area (Å²) in [5.74, 6) is 1.12. The molecule has 1 heterocycles. The van der Waals surface area contributed by atoms with E-state index in [4.69, 9.17) is 4.52 Å². The van der Waals surface area contributed by atoms with E-state index in [1.807, 2.05) is 18.0 Å². The van der Waals surface area contributed by atoms with Crippen LogP contribution in [0.2, 0.25) is 0 Å². The topological polar surface area (TPSA) is 42.2 Å². The fourth-order valence-electron chi connectivity index (χ4n) is 1.88. The largest absolute Gasteiger partial charge is 0.338 e. The molecule has 5 heteroatoms. The van der Waals surface area contributed by atoms with Gasteiger partial charge in [0.1, 0.15) is 5.82 Å². The first kappa shape index (κ1) is 13.7. The summed E-state index contributed by atoms with van der Waals surface area (Å²) in [4.78, 5) is 6.24. The zero-order valence-corrected chi connectivity index (χ0v) is 11.3. The molecule has 19 heavy (non-hydrogen) atoms. The van der Waals surface area contributed by atoms with Gasteiger partial charge < -0.3 is 4.52 Å². The Labute approximate surface area is 112 Å². The van der Waals surface area contributed by atoms with E-state index in [2.05, 4.69) is 17.1 Å². The first-order chi connectivity index (χ1) is 9.19. The summed E-state index contributed by atoms with van der Waals surface area (Å²) >= 11 is 0. The third-order valence-corrected chi connectivity index (χ3v) is 2.79. The van der Waals surface area contributed by atoms with E-state index in [1.54, 1.807) is 12.1 Å². The fraction of sp³-hybridized carbons (Fsp3) is 0.429. The van der Waals surface area contributed by atoms with Crippen LogP contribution in [0.5, 0.6) is 0 Å². The second-order valence-corrected chi connectivity index (χ2v) is 4.62. The molecular weight excluding hydrogens is 245 g/mol. The van der Waals surface area contributed by atoms with E-state index in [1.165, 1.54) is 6.07 Å². The minimum atomic E-state index is -0.188.